The lowest BCUT2D eigenvalue weighted by Gasteiger charge is -2.34. The lowest BCUT2D eigenvalue weighted by Crippen LogP contribution is -2.40. The first-order chi connectivity index (χ1) is 16.2. The number of nitro groups is 2. The van der Waals surface area contributed by atoms with Gasteiger partial charge in [0.2, 0.25) is 0 Å². The molecular weight excluding hydrogens is 446 g/mol. The topological polar surface area (TPSA) is 89.5 Å². The molecule has 0 spiro atoms. The number of anilines is 1. The number of non-ortho nitro benzene ring substituents is 2. The minimum Gasteiger partial charge on any atom is -0.357 e. The first-order valence-corrected chi connectivity index (χ1v) is 14.8. The molecule has 2 atom stereocenters. The SMILES string of the molecule is CC[Si](C)(C)c1ccc(N2[C@H](c3ccc([N+](=O)[O-])cc3)CC[C@H]2c2ccc([N+](=O)[O-])cc2)cc1. The van der Waals surface area contributed by atoms with E-state index < -0.39 is 8.07 Å². The summed E-state index contributed by atoms with van der Waals surface area (Å²) in [6.45, 7) is 6.99. The molecule has 1 fully saturated rings. The number of rotatable bonds is 7. The molecule has 0 saturated carbocycles. The zero-order chi connectivity index (χ0) is 24.5. The molecule has 0 aromatic heterocycles. The summed E-state index contributed by atoms with van der Waals surface area (Å²) in [5, 5.41) is 23.7. The molecule has 7 nitrogen and oxygen atoms in total. The molecule has 34 heavy (non-hydrogen) atoms. The van der Waals surface area contributed by atoms with Gasteiger partial charge in [-0.15, -0.1) is 0 Å². The van der Waals surface area contributed by atoms with Crippen molar-refractivity contribution < 1.29 is 9.85 Å². The largest absolute Gasteiger partial charge is 0.357 e. The van der Waals surface area contributed by atoms with Crippen LogP contribution in [0.3, 0.4) is 0 Å². The van der Waals surface area contributed by atoms with Crippen molar-refractivity contribution in [1.29, 1.82) is 0 Å². The second kappa shape index (κ2) is 9.38. The number of nitro benzene ring substituents is 2. The third kappa shape index (κ3) is 4.59. The predicted molar refractivity (Wildman–Crippen MR) is 137 cm³/mol. The summed E-state index contributed by atoms with van der Waals surface area (Å²) in [5.41, 5.74) is 3.31. The summed E-state index contributed by atoms with van der Waals surface area (Å²) < 4.78 is 0. The Morgan fingerprint density at radius 3 is 1.53 bits per heavy atom. The van der Waals surface area contributed by atoms with Gasteiger partial charge in [-0.25, -0.2) is 0 Å². The molecule has 3 aromatic carbocycles. The Labute approximate surface area is 200 Å². The van der Waals surface area contributed by atoms with Gasteiger partial charge in [0.05, 0.1) is 30.0 Å². The third-order valence-corrected chi connectivity index (χ3v) is 10.9. The maximum atomic E-state index is 11.1. The van der Waals surface area contributed by atoms with Crippen molar-refractivity contribution in [3.05, 3.63) is 104 Å². The van der Waals surface area contributed by atoms with Gasteiger partial charge in [0.25, 0.3) is 11.4 Å². The molecule has 1 aliphatic heterocycles. The monoisotopic (exact) mass is 475 g/mol. The molecule has 1 heterocycles. The summed E-state index contributed by atoms with van der Waals surface area (Å²) >= 11 is 0. The number of benzene rings is 3. The van der Waals surface area contributed by atoms with Crippen LogP contribution in [0, 0.1) is 20.2 Å². The van der Waals surface area contributed by atoms with Gasteiger partial charge in [0.15, 0.2) is 0 Å². The molecule has 0 unspecified atom stereocenters. The minimum absolute atomic E-state index is 0.0586. The van der Waals surface area contributed by atoms with Crippen LogP contribution in [0.15, 0.2) is 72.8 Å². The Bertz CT molecular complexity index is 1110. The fourth-order valence-electron chi connectivity index (χ4n) is 4.75. The zero-order valence-electron chi connectivity index (χ0n) is 19.7. The van der Waals surface area contributed by atoms with Crippen molar-refractivity contribution in [3.8, 4) is 0 Å². The fourth-order valence-corrected chi connectivity index (χ4v) is 6.23. The van der Waals surface area contributed by atoms with Crippen LogP contribution in [0.5, 0.6) is 0 Å². The molecule has 3 aromatic rings. The van der Waals surface area contributed by atoms with E-state index in [0.717, 1.165) is 29.7 Å². The van der Waals surface area contributed by atoms with E-state index >= 15 is 0 Å². The van der Waals surface area contributed by atoms with Crippen molar-refractivity contribution in [2.75, 3.05) is 4.90 Å². The van der Waals surface area contributed by atoms with Crippen molar-refractivity contribution >= 4 is 30.3 Å². The standard InChI is InChI=1S/C26H29N3O4Si/c1-4-34(2,3)24-15-13-21(14-16-24)27-25(19-5-9-22(10-6-19)28(30)31)17-18-26(27)20-7-11-23(12-8-20)29(32)33/h5-16,25-26H,4,17-18H2,1-3H3/t25-,26-/m0/s1. The molecule has 4 rings (SSSR count). The predicted octanol–water partition coefficient (Wildman–Crippen LogP) is 6.52. The van der Waals surface area contributed by atoms with Gasteiger partial charge in [0, 0.05) is 30.0 Å². The highest BCUT2D eigenvalue weighted by Crippen LogP contribution is 2.47. The van der Waals surface area contributed by atoms with Crippen LogP contribution < -0.4 is 10.1 Å². The summed E-state index contributed by atoms with van der Waals surface area (Å²) in [4.78, 5) is 23.8. The van der Waals surface area contributed by atoms with Crippen molar-refractivity contribution in [2.24, 2.45) is 0 Å². The second-order valence-electron chi connectivity index (χ2n) is 9.50. The number of nitrogens with zero attached hydrogens (tertiary/aromatic N) is 3. The average molecular weight is 476 g/mol. The Balaban J connectivity index is 1.73. The first-order valence-electron chi connectivity index (χ1n) is 11.6. The molecule has 0 bridgehead atoms. The summed E-state index contributed by atoms with van der Waals surface area (Å²) in [5.74, 6) is 0. The van der Waals surface area contributed by atoms with Gasteiger partial charge in [-0.2, -0.15) is 0 Å². The van der Waals surface area contributed by atoms with E-state index in [-0.39, 0.29) is 33.3 Å². The average Bonchev–Trinajstić information content (AvgIpc) is 3.29. The molecule has 0 amide bonds. The van der Waals surface area contributed by atoms with E-state index in [9.17, 15) is 20.2 Å². The maximum Gasteiger partial charge on any atom is 0.269 e. The van der Waals surface area contributed by atoms with Crippen LogP contribution >= 0.6 is 0 Å². The number of hydrogen-bond acceptors (Lipinski definition) is 5. The van der Waals surface area contributed by atoms with Crippen molar-refractivity contribution in [2.45, 2.75) is 51.0 Å². The van der Waals surface area contributed by atoms with Crippen LogP contribution in [0.1, 0.15) is 43.0 Å². The van der Waals surface area contributed by atoms with E-state index in [4.69, 9.17) is 0 Å². The lowest BCUT2D eigenvalue weighted by atomic mass is 10.0. The minimum atomic E-state index is -1.46. The quantitative estimate of drug-likeness (QED) is 0.220. The van der Waals surface area contributed by atoms with E-state index in [1.54, 1.807) is 24.3 Å². The molecule has 1 aliphatic rings. The molecule has 1 saturated heterocycles. The van der Waals surface area contributed by atoms with Crippen LogP contribution in [0.2, 0.25) is 19.1 Å². The molecule has 0 aliphatic carbocycles. The van der Waals surface area contributed by atoms with Crippen LogP contribution in [-0.4, -0.2) is 17.9 Å². The smallest absolute Gasteiger partial charge is 0.269 e. The Morgan fingerprint density at radius 1 is 0.765 bits per heavy atom. The van der Waals surface area contributed by atoms with Gasteiger partial charge in [-0.3, -0.25) is 20.2 Å². The van der Waals surface area contributed by atoms with Gasteiger partial charge < -0.3 is 4.90 Å². The van der Waals surface area contributed by atoms with Gasteiger partial charge in [-0.05, 0) is 36.1 Å². The van der Waals surface area contributed by atoms with Gasteiger partial charge in [0.1, 0.15) is 0 Å². The first kappa shape index (κ1) is 23.6. The molecule has 176 valence electrons. The van der Waals surface area contributed by atoms with E-state index in [2.05, 4.69) is 49.2 Å². The second-order valence-corrected chi connectivity index (χ2v) is 14.6. The normalized spacial score (nSPS) is 18.1. The van der Waals surface area contributed by atoms with E-state index in [1.807, 2.05) is 24.3 Å². The summed E-state index contributed by atoms with van der Waals surface area (Å²) in [7, 11) is -1.46. The fraction of sp³-hybridized carbons (Fsp3) is 0.308. The summed E-state index contributed by atoms with van der Waals surface area (Å²) in [6, 6.07) is 23.7. The van der Waals surface area contributed by atoms with E-state index in [1.165, 1.54) is 11.2 Å². The molecular formula is C26H29N3O4Si. The van der Waals surface area contributed by atoms with Crippen LogP contribution in [0.4, 0.5) is 17.1 Å². The van der Waals surface area contributed by atoms with Gasteiger partial charge in [-0.1, -0.05) is 67.6 Å². The van der Waals surface area contributed by atoms with E-state index in [0.29, 0.717) is 0 Å². The Morgan fingerprint density at radius 2 is 1.18 bits per heavy atom. The highest BCUT2D eigenvalue weighted by atomic mass is 28.3. The zero-order valence-corrected chi connectivity index (χ0v) is 20.7. The lowest BCUT2D eigenvalue weighted by molar-refractivity contribution is -0.385. The Kier molecular flexibility index (Phi) is 6.52. The number of hydrogen-bond donors (Lipinski definition) is 0. The van der Waals surface area contributed by atoms with Crippen LogP contribution in [-0.2, 0) is 0 Å². The van der Waals surface area contributed by atoms with Crippen molar-refractivity contribution in [3.63, 3.8) is 0 Å². The third-order valence-electron chi connectivity index (χ3n) is 7.19. The highest BCUT2D eigenvalue weighted by molar-refractivity contribution is 6.89. The highest BCUT2D eigenvalue weighted by Gasteiger charge is 2.36. The van der Waals surface area contributed by atoms with Crippen molar-refractivity contribution in [1.82, 2.24) is 0 Å². The molecule has 0 radical (unpaired) electrons. The summed E-state index contributed by atoms with van der Waals surface area (Å²) in [6.07, 6.45) is 1.77. The molecule has 0 N–H and O–H groups in total. The molecule has 8 heteroatoms. The Hall–Kier alpha value is -3.52. The maximum absolute atomic E-state index is 11.1. The van der Waals surface area contributed by atoms with Gasteiger partial charge >= 0.3 is 0 Å². The van der Waals surface area contributed by atoms with Crippen LogP contribution in [0.25, 0.3) is 0 Å².